The Kier molecular flexibility index (Phi) is 4.91. The summed E-state index contributed by atoms with van der Waals surface area (Å²) in [5, 5.41) is 9.08. The minimum absolute atomic E-state index is 0.0558. The van der Waals surface area contributed by atoms with Crippen molar-refractivity contribution >= 4 is 5.78 Å². The first kappa shape index (κ1) is 14.3. The highest BCUT2D eigenvalue weighted by Crippen LogP contribution is 2.29. The Bertz CT molecular complexity index is 590. The number of para-hydroxylation sites is 2. The third-order valence-corrected chi connectivity index (χ3v) is 3.08. The van der Waals surface area contributed by atoms with E-state index in [0.717, 1.165) is 5.56 Å². The zero-order valence-corrected chi connectivity index (χ0v) is 11.5. The molecule has 20 heavy (non-hydrogen) atoms. The van der Waals surface area contributed by atoms with Crippen LogP contribution >= 0.6 is 0 Å². The van der Waals surface area contributed by atoms with Crippen molar-refractivity contribution in [2.24, 2.45) is 0 Å². The highest BCUT2D eigenvalue weighted by molar-refractivity contribution is 5.98. The molecule has 2 rings (SSSR count). The SMILES string of the molecule is CCC(=O)c1ccccc1Oc1ccccc1CCO. The maximum absolute atomic E-state index is 11.9. The normalized spacial score (nSPS) is 10.3. The lowest BCUT2D eigenvalue weighted by Crippen LogP contribution is -2.01. The quantitative estimate of drug-likeness (QED) is 0.816. The largest absolute Gasteiger partial charge is 0.456 e. The number of rotatable bonds is 6. The lowest BCUT2D eigenvalue weighted by molar-refractivity contribution is 0.0986. The molecule has 3 heteroatoms. The molecule has 0 aliphatic heterocycles. The number of carbonyl (C=O) groups excluding carboxylic acids is 1. The predicted molar refractivity (Wildman–Crippen MR) is 78.4 cm³/mol. The average Bonchev–Trinajstić information content (AvgIpc) is 2.49. The van der Waals surface area contributed by atoms with E-state index in [1.54, 1.807) is 12.1 Å². The van der Waals surface area contributed by atoms with Crippen LogP contribution in [-0.2, 0) is 6.42 Å². The molecular formula is C17H18O3. The summed E-state index contributed by atoms with van der Waals surface area (Å²) >= 11 is 0. The molecule has 0 saturated carbocycles. The molecule has 0 atom stereocenters. The van der Waals surface area contributed by atoms with Crippen molar-refractivity contribution in [3.05, 3.63) is 59.7 Å². The monoisotopic (exact) mass is 270 g/mol. The van der Waals surface area contributed by atoms with Crippen molar-refractivity contribution < 1.29 is 14.6 Å². The molecule has 0 spiro atoms. The minimum atomic E-state index is 0.0558. The predicted octanol–water partition coefficient (Wildman–Crippen LogP) is 3.61. The van der Waals surface area contributed by atoms with Gasteiger partial charge >= 0.3 is 0 Å². The van der Waals surface area contributed by atoms with Crippen LogP contribution in [-0.4, -0.2) is 17.5 Å². The molecule has 1 N–H and O–H groups in total. The van der Waals surface area contributed by atoms with Crippen LogP contribution in [0.25, 0.3) is 0 Å². The minimum Gasteiger partial charge on any atom is -0.456 e. The van der Waals surface area contributed by atoms with Crippen LogP contribution in [0.4, 0.5) is 0 Å². The van der Waals surface area contributed by atoms with E-state index in [9.17, 15) is 4.79 Å². The molecule has 0 radical (unpaired) electrons. The Balaban J connectivity index is 2.33. The smallest absolute Gasteiger partial charge is 0.166 e. The van der Waals surface area contributed by atoms with Crippen molar-refractivity contribution in [1.82, 2.24) is 0 Å². The summed E-state index contributed by atoms with van der Waals surface area (Å²) in [6, 6.07) is 14.8. The van der Waals surface area contributed by atoms with Gasteiger partial charge in [0.1, 0.15) is 11.5 Å². The maximum Gasteiger partial charge on any atom is 0.166 e. The van der Waals surface area contributed by atoms with Crippen molar-refractivity contribution in [3.8, 4) is 11.5 Å². The highest BCUT2D eigenvalue weighted by Gasteiger charge is 2.12. The van der Waals surface area contributed by atoms with Gasteiger partial charge in [-0.05, 0) is 30.2 Å². The van der Waals surface area contributed by atoms with Crippen molar-refractivity contribution in [2.45, 2.75) is 19.8 Å². The lowest BCUT2D eigenvalue weighted by Gasteiger charge is -2.13. The first-order valence-electron chi connectivity index (χ1n) is 6.75. The van der Waals surface area contributed by atoms with E-state index in [-0.39, 0.29) is 12.4 Å². The van der Waals surface area contributed by atoms with Crippen LogP contribution in [0.3, 0.4) is 0 Å². The molecule has 0 aliphatic carbocycles. The Labute approximate surface area is 118 Å². The van der Waals surface area contributed by atoms with E-state index in [0.29, 0.717) is 29.9 Å². The molecule has 0 unspecified atom stereocenters. The molecular weight excluding hydrogens is 252 g/mol. The van der Waals surface area contributed by atoms with Crippen molar-refractivity contribution in [1.29, 1.82) is 0 Å². The van der Waals surface area contributed by atoms with Crippen LogP contribution in [0.5, 0.6) is 11.5 Å². The molecule has 104 valence electrons. The second-order valence-corrected chi connectivity index (χ2v) is 4.46. The zero-order valence-electron chi connectivity index (χ0n) is 11.5. The second kappa shape index (κ2) is 6.87. The molecule has 0 heterocycles. The summed E-state index contributed by atoms with van der Waals surface area (Å²) in [4.78, 5) is 11.9. The summed E-state index contributed by atoms with van der Waals surface area (Å²) < 4.78 is 5.88. The van der Waals surface area contributed by atoms with E-state index < -0.39 is 0 Å². The zero-order chi connectivity index (χ0) is 14.4. The fourth-order valence-electron chi connectivity index (χ4n) is 2.03. The van der Waals surface area contributed by atoms with Crippen molar-refractivity contribution in [2.75, 3.05) is 6.61 Å². The molecule has 0 saturated heterocycles. The molecule has 2 aromatic rings. The van der Waals surface area contributed by atoms with Gasteiger partial charge < -0.3 is 9.84 Å². The van der Waals surface area contributed by atoms with Crippen LogP contribution in [0.1, 0.15) is 29.3 Å². The number of ketones is 1. The number of hydrogen-bond donors (Lipinski definition) is 1. The van der Waals surface area contributed by atoms with Gasteiger partial charge in [0.05, 0.1) is 5.56 Å². The van der Waals surface area contributed by atoms with Gasteiger partial charge in [0.2, 0.25) is 0 Å². The summed E-state index contributed by atoms with van der Waals surface area (Å²) in [7, 11) is 0. The average molecular weight is 270 g/mol. The first-order valence-corrected chi connectivity index (χ1v) is 6.75. The molecule has 3 nitrogen and oxygen atoms in total. The lowest BCUT2D eigenvalue weighted by atomic mass is 10.1. The third kappa shape index (κ3) is 3.25. The van der Waals surface area contributed by atoms with E-state index in [4.69, 9.17) is 9.84 Å². The van der Waals surface area contributed by atoms with Crippen LogP contribution < -0.4 is 4.74 Å². The van der Waals surface area contributed by atoms with E-state index >= 15 is 0 Å². The molecule has 0 amide bonds. The van der Waals surface area contributed by atoms with Crippen LogP contribution in [0, 0.1) is 0 Å². The van der Waals surface area contributed by atoms with E-state index in [1.165, 1.54) is 0 Å². The van der Waals surface area contributed by atoms with Gasteiger partial charge in [0.15, 0.2) is 5.78 Å². The Morgan fingerprint density at radius 3 is 2.40 bits per heavy atom. The maximum atomic E-state index is 11.9. The number of aliphatic hydroxyl groups is 1. The van der Waals surface area contributed by atoms with Gasteiger partial charge in [-0.2, -0.15) is 0 Å². The van der Waals surface area contributed by atoms with Crippen LogP contribution in [0.15, 0.2) is 48.5 Å². The van der Waals surface area contributed by atoms with Gasteiger partial charge in [0, 0.05) is 13.0 Å². The van der Waals surface area contributed by atoms with E-state index in [2.05, 4.69) is 0 Å². The van der Waals surface area contributed by atoms with Gasteiger partial charge in [-0.3, -0.25) is 4.79 Å². The third-order valence-electron chi connectivity index (χ3n) is 3.08. The summed E-state index contributed by atoms with van der Waals surface area (Å²) in [6.07, 6.45) is 0.971. The topological polar surface area (TPSA) is 46.5 Å². The van der Waals surface area contributed by atoms with Crippen LogP contribution in [0.2, 0.25) is 0 Å². The first-order chi connectivity index (χ1) is 9.76. The molecule has 2 aromatic carbocycles. The Morgan fingerprint density at radius 2 is 1.70 bits per heavy atom. The number of ether oxygens (including phenoxy) is 1. The standard InChI is InChI=1S/C17H18O3/c1-2-15(19)14-8-4-6-10-17(14)20-16-9-5-3-7-13(16)11-12-18/h3-10,18H,2,11-12H2,1H3. The van der Waals surface area contributed by atoms with Crippen molar-refractivity contribution in [3.63, 3.8) is 0 Å². The fourth-order valence-corrected chi connectivity index (χ4v) is 2.03. The van der Waals surface area contributed by atoms with Gasteiger partial charge in [-0.1, -0.05) is 37.3 Å². The van der Waals surface area contributed by atoms with Gasteiger partial charge in [-0.15, -0.1) is 0 Å². The fraction of sp³-hybridized carbons (Fsp3) is 0.235. The summed E-state index contributed by atoms with van der Waals surface area (Å²) in [5.74, 6) is 1.29. The number of Topliss-reactive ketones (excluding diaryl/α,β-unsaturated/α-hetero) is 1. The molecule has 0 aliphatic rings. The molecule has 0 bridgehead atoms. The van der Waals surface area contributed by atoms with Gasteiger partial charge in [-0.25, -0.2) is 0 Å². The molecule has 0 fully saturated rings. The number of aliphatic hydroxyl groups excluding tert-OH is 1. The summed E-state index contributed by atoms with van der Waals surface area (Å²) in [6.45, 7) is 1.90. The number of carbonyl (C=O) groups is 1. The van der Waals surface area contributed by atoms with Gasteiger partial charge in [0.25, 0.3) is 0 Å². The Morgan fingerprint density at radius 1 is 1.05 bits per heavy atom. The highest BCUT2D eigenvalue weighted by atomic mass is 16.5. The number of benzene rings is 2. The summed E-state index contributed by atoms with van der Waals surface area (Å²) in [5.41, 5.74) is 1.52. The second-order valence-electron chi connectivity index (χ2n) is 4.46. The molecule has 0 aromatic heterocycles. The number of hydrogen-bond acceptors (Lipinski definition) is 3. The van der Waals surface area contributed by atoms with E-state index in [1.807, 2.05) is 43.3 Å². The Hall–Kier alpha value is -2.13.